The fourth-order valence-electron chi connectivity index (χ4n) is 3.15. The number of nitrogens with zero attached hydrogens (tertiary/aromatic N) is 4. The average molecular weight is 374 g/mol. The van der Waals surface area contributed by atoms with E-state index in [1.807, 2.05) is 24.3 Å². The van der Waals surface area contributed by atoms with Crippen LogP contribution in [0.1, 0.15) is 24.8 Å². The first-order valence-electron chi connectivity index (χ1n) is 9.30. The summed E-state index contributed by atoms with van der Waals surface area (Å²) in [7, 11) is 0. The van der Waals surface area contributed by atoms with Crippen molar-refractivity contribution in [2.45, 2.75) is 44.4 Å². The summed E-state index contributed by atoms with van der Waals surface area (Å²) < 4.78 is 7.20. The monoisotopic (exact) mass is 374 g/mol. The fourth-order valence-corrected chi connectivity index (χ4v) is 3.15. The fraction of sp³-hybridized carbons (Fsp3) is 0.526. The number of carbonyl (C=O) groups is 1. The molecule has 1 aromatic carbocycles. The third-order valence-electron chi connectivity index (χ3n) is 4.76. The molecule has 0 spiro atoms. The van der Waals surface area contributed by atoms with E-state index in [-0.39, 0.29) is 25.5 Å². The lowest BCUT2D eigenvalue weighted by atomic mass is 10.1. The maximum atomic E-state index is 12.6. The second kappa shape index (κ2) is 9.48. The van der Waals surface area contributed by atoms with Gasteiger partial charge in [-0.3, -0.25) is 4.79 Å². The zero-order valence-corrected chi connectivity index (χ0v) is 15.3. The molecule has 146 valence electrons. The van der Waals surface area contributed by atoms with Crippen LogP contribution in [0.5, 0.6) is 5.75 Å². The van der Waals surface area contributed by atoms with E-state index in [1.165, 1.54) is 17.3 Å². The van der Waals surface area contributed by atoms with Crippen molar-refractivity contribution < 1.29 is 19.7 Å². The van der Waals surface area contributed by atoms with Crippen molar-refractivity contribution in [2.24, 2.45) is 0 Å². The molecular formula is C19H26N4O4. The molecule has 0 radical (unpaired) electrons. The highest BCUT2D eigenvalue weighted by molar-refractivity contribution is 5.75. The lowest BCUT2D eigenvalue weighted by Gasteiger charge is -2.25. The number of hydrogen-bond donors (Lipinski definition) is 2. The van der Waals surface area contributed by atoms with Crippen molar-refractivity contribution in [1.82, 2.24) is 19.7 Å². The first-order chi connectivity index (χ1) is 13.1. The standard InChI is InChI=1S/C19H26N4O4/c24-16-8-10-22(19(26)11-23-14-20-13-21-23)9-4-3-6-15-5-1-2-7-18(15)27-12-17(16)25/h1-2,5,7,13-14,16-17,24-25H,3-4,6,8-12H2/t16-,17+/m0/s1. The summed E-state index contributed by atoms with van der Waals surface area (Å²) in [6, 6.07) is 7.73. The van der Waals surface area contributed by atoms with Crippen molar-refractivity contribution in [3.8, 4) is 5.75 Å². The van der Waals surface area contributed by atoms with Gasteiger partial charge < -0.3 is 19.8 Å². The van der Waals surface area contributed by atoms with Gasteiger partial charge in [0.25, 0.3) is 0 Å². The smallest absolute Gasteiger partial charge is 0.244 e. The number of ether oxygens (including phenoxy) is 1. The number of aliphatic hydroxyl groups excluding tert-OH is 2. The molecule has 0 saturated heterocycles. The number of fused-ring (bicyclic) bond motifs is 1. The molecule has 0 fully saturated rings. The number of carbonyl (C=O) groups excluding carboxylic acids is 1. The van der Waals surface area contributed by atoms with Crippen molar-refractivity contribution in [1.29, 1.82) is 0 Å². The number of para-hydroxylation sites is 1. The largest absolute Gasteiger partial charge is 0.491 e. The summed E-state index contributed by atoms with van der Waals surface area (Å²) in [4.78, 5) is 18.2. The van der Waals surface area contributed by atoms with E-state index in [4.69, 9.17) is 4.74 Å². The van der Waals surface area contributed by atoms with Crippen LogP contribution in [-0.4, -0.2) is 67.7 Å². The van der Waals surface area contributed by atoms with Crippen LogP contribution in [0.15, 0.2) is 36.9 Å². The van der Waals surface area contributed by atoms with Crippen LogP contribution in [0.3, 0.4) is 0 Å². The summed E-state index contributed by atoms with van der Waals surface area (Å²) in [6.45, 7) is 1.10. The first-order valence-corrected chi connectivity index (χ1v) is 9.30. The Hall–Kier alpha value is -2.45. The minimum absolute atomic E-state index is 0.0189. The summed E-state index contributed by atoms with van der Waals surface area (Å²) >= 11 is 0. The molecular weight excluding hydrogens is 348 g/mol. The van der Waals surface area contributed by atoms with Crippen LogP contribution in [0.2, 0.25) is 0 Å². The van der Waals surface area contributed by atoms with Gasteiger partial charge in [0, 0.05) is 13.1 Å². The number of benzene rings is 1. The zero-order valence-electron chi connectivity index (χ0n) is 15.3. The Balaban J connectivity index is 1.68. The predicted molar refractivity (Wildman–Crippen MR) is 98.1 cm³/mol. The van der Waals surface area contributed by atoms with Crippen LogP contribution in [0.25, 0.3) is 0 Å². The van der Waals surface area contributed by atoms with E-state index in [0.717, 1.165) is 30.6 Å². The van der Waals surface area contributed by atoms with Gasteiger partial charge in [0.2, 0.25) is 5.91 Å². The van der Waals surface area contributed by atoms with Crippen LogP contribution in [0, 0.1) is 0 Å². The topological polar surface area (TPSA) is 101 Å². The normalized spacial score (nSPS) is 21.9. The third-order valence-corrected chi connectivity index (χ3v) is 4.76. The van der Waals surface area contributed by atoms with Crippen LogP contribution >= 0.6 is 0 Å². The molecule has 0 aliphatic carbocycles. The quantitative estimate of drug-likeness (QED) is 0.800. The number of aryl methyl sites for hydroxylation is 1. The van der Waals surface area contributed by atoms with Crippen molar-refractivity contribution in [2.75, 3.05) is 19.7 Å². The van der Waals surface area contributed by atoms with Crippen molar-refractivity contribution >= 4 is 5.91 Å². The molecule has 27 heavy (non-hydrogen) atoms. The highest BCUT2D eigenvalue weighted by Gasteiger charge is 2.22. The van der Waals surface area contributed by atoms with Crippen molar-refractivity contribution in [3.63, 3.8) is 0 Å². The second-order valence-electron chi connectivity index (χ2n) is 6.77. The summed E-state index contributed by atoms with van der Waals surface area (Å²) in [5, 5.41) is 24.4. The predicted octanol–water partition coefficient (Wildman–Crippen LogP) is 0.634. The lowest BCUT2D eigenvalue weighted by Crippen LogP contribution is -2.39. The molecule has 8 nitrogen and oxygen atoms in total. The molecule has 2 atom stereocenters. The minimum atomic E-state index is -1.01. The molecule has 0 saturated carbocycles. The van der Waals surface area contributed by atoms with Gasteiger partial charge in [0.15, 0.2) is 0 Å². The van der Waals surface area contributed by atoms with E-state index in [1.54, 1.807) is 4.90 Å². The Morgan fingerprint density at radius 1 is 1.19 bits per heavy atom. The number of amides is 1. The van der Waals surface area contributed by atoms with Gasteiger partial charge in [-0.05, 0) is 37.3 Å². The summed E-state index contributed by atoms with van der Waals surface area (Å²) in [5.74, 6) is 0.663. The maximum Gasteiger partial charge on any atom is 0.244 e. The Bertz CT molecular complexity index is 722. The molecule has 1 amide bonds. The Labute approximate surface area is 158 Å². The van der Waals surface area contributed by atoms with Crippen LogP contribution < -0.4 is 4.74 Å². The van der Waals surface area contributed by atoms with Crippen LogP contribution in [0.4, 0.5) is 0 Å². The highest BCUT2D eigenvalue weighted by Crippen LogP contribution is 2.21. The number of aliphatic hydroxyl groups is 2. The van der Waals surface area contributed by atoms with Crippen molar-refractivity contribution in [3.05, 3.63) is 42.5 Å². The van der Waals surface area contributed by atoms with Gasteiger partial charge in [-0.15, -0.1) is 0 Å². The van der Waals surface area contributed by atoms with Gasteiger partial charge in [-0.1, -0.05) is 18.2 Å². The first kappa shape index (κ1) is 19.3. The highest BCUT2D eigenvalue weighted by atomic mass is 16.5. The Morgan fingerprint density at radius 3 is 2.85 bits per heavy atom. The Kier molecular flexibility index (Phi) is 6.78. The van der Waals surface area contributed by atoms with E-state index >= 15 is 0 Å². The molecule has 1 aliphatic rings. The molecule has 1 aliphatic heterocycles. The lowest BCUT2D eigenvalue weighted by molar-refractivity contribution is -0.132. The molecule has 8 heteroatoms. The minimum Gasteiger partial charge on any atom is -0.491 e. The molecule has 0 bridgehead atoms. The second-order valence-corrected chi connectivity index (χ2v) is 6.77. The van der Waals surface area contributed by atoms with E-state index in [2.05, 4.69) is 10.1 Å². The third kappa shape index (κ3) is 5.51. The van der Waals surface area contributed by atoms with Gasteiger partial charge in [-0.2, -0.15) is 5.10 Å². The maximum absolute atomic E-state index is 12.6. The zero-order chi connectivity index (χ0) is 19.1. The van der Waals surface area contributed by atoms with E-state index in [0.29, 0.717) is 13.1 Å². The van der Waals surface area contributed by atoms with Gasteiger partial charge in [0.1, 0.15) is 37.7 Å². The van der Waals surface area contributed by atoms with Gasteiger partial charge >= 0.3 is 0 Å². The summed E-state index contributed by atoms with van der Waals surface area (Å²) in [5.41, 5.74) is 1.07. The number of aromatic nitrogens is 3. The van der Waals surface area contributed by atoms with E-state index < -0.39 is 12.2 Å². The molecule has 2 heterocycles. The number of hydrogen-bond acceptors (Lipinski definition) is 6. The molecule has 3 rings (SSSR count). The molecule has 2 N–H and O–H groups in total. The summed E-state index contributed by atoms with van der Waals surface area (Å²) in [6.07, 6.45) is 3.81. The average Bonchev–Trinajstić information content (AvgIpc) is 3.18. The number of rotatable bonds is 2. The molecule has 0 unspecified atom stereocenters. The molecule has 2 aromatic rings. The van der Waals surface area contributed by atoms with Gasteiger partial charge in [-0.25, -0.2) is 9.67 Å². The SMILES string of the molecule is O=C(Cn1cncn1)N1CCCCc2ccccc2OC[C@@H](O)[C@@H](O)CC1. The van der Waals surface area contributed by atoms with E-state index in [9.17, 15) is 15.0 Å². The van der Waals surface area contributed by atoms with Crippen LogP contribution in [-0.2, 0) is 17.8 Å². The molecule has 1 aromatic heterocycles. The Morgan fingerprint density at radius 2 is 2.04 bits per heavy atom. The van der Waals surface area contributed by atoms with Gasteiger partial charge in [0.05, 0.1) is 6.10 Å².